The number of hydrogen-bond acceptors (Lipinski definition) is 3. The number of nitrogens with one attached hydrogen (secondary N) is 2. The average Bonchev–Trinajstić information content (AvgIpc) is 2.53. The number of hydrogen-bond donors (Lipinski definition) is 2. The Kier molecular flexibility index (Phi) is 6.52. The minimum absolute atomic E-state index is 0.143. The molecule has 1 fully saturated rings. The molecule has 0 radical (unpaired) electrons. The molecule has 2 amide bonds. The van der Waals surface area contributed by atoms with Crippen LogP contribution < -0.4 is 15.4 Å². The topological polar surface area (TPSA) is 59.6 Å². The third kappa shape index (κ3) is 5.22. The molecule has 22 heavy (non-hydrogen) atoms. The fraction of sp³-hybridized carbons (Fsp3) is 0.588. The van der Waals surface area contributed by atoms with Crippen molar-refractivity contribution in [3.05, 3.63) is 29.3 Å². The lowest BCUT2D eigenvalue weighted by Gasteiger charge is -2.22. The largest absolute Gasteiger partial charge is 0.491 e. The second-order valence-corrected chi connectivity index (χ2v) is 5.79. The molecule has 1 atom stereocenters. The second kappa shape index (κ2) is 8.63. The Hall–Kier alpha value is -1.75. The van der Waals surface area contributed by atoms with Crippen LogP contribution in [0.5, 0.6) is 5.75 Å². The van der Waals surface area contributed by atoms with Gasteiger partial charge in [-0.05, 0) is 43.7 Å². The highest BCUT2D eigenvalue weighted by molar-refractivity contribution is 5.73. The number of carbonyl (C=O) groups is 1. The van der Waals surface area contributed by atoms with Crippen molar-refractivity contribution < 1.29 is 14.3 Å². The van der Waals surface area contributed by atoms with Gasteiger partial charge >= 0.3 is 6.03 Å². The van der Waals surface area contributed by atoms with Crippen LogP contribution in [0.15, 0.2) is 18.2 Å². The first-order chi connectivity index (χ1) is 10.7. The van der Waals surface area contributed by atoms with Crippen LogP contribution >= 0.6 is 0 Å². The van der Waals surface area contributed by atoms with E-state index in [2.05, 4.69) is 10.6 Å². The molecule has 122 valence electrons. The fourth-order valence-corrected chi connectivity index (χ4v) is 2.61. The summed E-state index contributed by atoms with van der Waals surface area (Å²) in [5, 5.41) is 5.70. The molecule has 1 aliphatic rings. The van der Waals surface area contributed by atoms with Crippen LogP contribution in [-0.4, -0.2) is 38.9 Å². The number of ether oxygens (including phenoxy) is 2. The lowest BCUT2D eigenvalue weighted by molar-refractivity contribution is 0.0557. The van der Waals surface area contributed by atoms with E-state index < -0.39 is 0 Å². The number of aryl methyl sites for hydroxylation is 2. The predicted octanol–water partition coefficient (Wildman–Crippen LogP) is 2.41. The molecule has 1 heterocycles. The van der Waals surface area contributed by atoms with Crippen molar-refractivity contribution in [3.63, 3.8) is 0 Å². The average molecular weight is 306 g/mol. The lowest BCUT2D eigenvalue weighted by Crippen LogP contribution is -2.41. The van der Waals surface area contributed by atoms with Crippen LogP contribution in [-0.2, 0) is 4.74 Å². The van der Waals surface area contributed by atoms with E-state index in [9.17, 15) is 4.79 Å². The summed E-state index contributed by atoms with van der Waals surface area (Å²) in [6, 6.07) is 5.91. The Morgan fingerprint density at radius 3 is 2.77 bits per heavy atom. The normalized spacial score (nSPS) is 17.8. The van der Waals surface area contributed by atoms with E-state index in [4.69, 9.17) is 9.47 Å². The Balaban J connectivity index is 1.60. The van der Waals surface area contributed by atoms with Gasteiger partial charge in [0.2, 0.25) is 0 Å². The molecule has 5 nitrogen and oxygen atoms in total. The first-order valence-corrected chi connectivity index (χ1v) is 7.95. The van der Waals surface area contributed by atoms with E-state index in [1.54, 1.807) is 0 Å². The molecule has 2 rings (SSSR count). The highest BCUT2D eigenvalue weighted by Gasteiger charge is 2.14. The van der Waals surface area contributed by atoms with E-state index in [-0.39, 0.29) is 6.03 Å². The molecule has 2 N–H and O–H groups in total. The maximum absolute atomic E-state index is 11.7. The monoisotopic (exact) mass is 306 g/mol. The molecule has 1 aromatic carbocycles. The van der Waals surface area contributed by atoms with E-state index in [0.29, 0.717) is 25.6 Å². The highest BCUT2D eigenvalue weighted by Crippen LogP contribution is 2.21. The maximum atomic E-state index is 11.7. The van der Waals surface area contributed by atoms with Gasteiger partial charge in [0.15, 0.2) is 0 Å². The number of amides is 2. The molecular formula is C17H26N2O3. The van der Waals surface area contributed by atoms with Crippen molar-refractivity contribution >= 4 is 6.03 Å². The van der Waals surface area contributed by atoms with Crippen LogP contribution in [0.1, 0.15) is 24.0 Å². The zero-order chi connectivity index (χ0) is 15.8. The maximum Gasteiger partial charge on any atom is 0.314 e. The summed E-state index contributed by atoms with van der Waals surface area (Å²) < 4.78 is 11.1. The first kappa shape index (κ1) is 16.6. The molecule has 5 heteroatoms. The molecule has 0 spiro atoms. The van der Waals surface area contributed by atoms with Crippen molar-refractivity contribution in [2.24, 2.45) is 5.92 Å². The smallest absolute Gasteiger partial charge is 0.314 e. The van der Waals surface area contributed by atoms with Gasteiger partial charge in [0, 0.05) is 13.2 Å². The summed E-state index contributed by atoms with van der Waals surface area (Å²) in [6.45, 7) is 7.26. The summed E-state index contributed by atoms with van der Waals surface area (Å²) in [7, 11) is 0. The quantitative estimate of drug-likeness (QED) is 0.794. The Morgan fingerprint density at radius 1 is 1.32 bits per heavy atom. The van der Waals surface area contributed by atoms with Gasteiger partial charge in [0.1, 0.15) is 12.4 Å². The van der Waals surface area contributed by atoms with Gasteiger partial charge < -0.3 is 20.1 Å². The summed E-state index contributed by atoms with van der Waals surface area (Å²) in [5.74, 6) is 1.34. The number of carbonyl (C=O) groups excluding carboxylic acids is 1. The van der Waals surface area contributed by atoms with Crippen molar-refractivity contribution in [2.45, 2.75) is 26.7 Å². The summed E-state index contributed by atoms with van der Waals surface area (Å²) in [5.41, 5.74) is 2.23. The van der Waals surface area contributed by atoms with Crippen LogP contribution in [0.4, 0.5) is 4.79 Å². The summed E-state index contributed by atoms with van der Waals surface area (Å²) in [4.78, 5) is 11.7. The molecule has 1 aliphatic heterocycles. The van der Waals surface area contributed by atoms with E-state index in [0.717, 1.165) is 42.9 Å². The van der Waals surface area contributed by atoms with Crippen LogP contribution in [0, 0.1) is 19.8 Å². The van der Waals surface area contributed by atoms with Gasteiger partial charge in [-0.2, -0.15) is 0 Å². The van der Waals surface area contributed by atoms with Crippen LogP contribution in [0.25, 0.3) is 0 Å². The number of benzene rings is 1. The minimum atomic E-state index is -0.143. The van der Waals surface area contributed by atoms with E-state index in [1.807, 2.05) is 32.0 Å². The molecule has 1 aromatic rings. The summed E-state index contributed by atoms with van der Waals surface area (Å²) in [6.07, 6.45) is 2.20. The van der Waals surface area contributed by atoms with Gasteiger partial charge in [-0.25, -0.2) is 4.79 Å². The van der Waals surface area contributed by atoms with Crippen molar-refractivity contribution in [1.82, 2.24) is 10.6 Å². The number of rotatable bonds is 6. The molecular weight excluding hydrogens is 280 g/mol. The van der Waals surface area contributed by atoms with Crippen molar-refractivity contribution in [2.75, 3.05) is 32.9 Å². The van der Waals surface area contributed by atoms with Crippen LogP contribution in [0.2, 0.25) is 0 Å². The van der Waals surface area contributed by atoms with Gasteiger partial charge in [-0.3, -0.25) is 0 Å². The standard InChI is InChI=1S/C17H26N2O3/c1-13-5-3-6-14(2)16(13)22-10-8-18-17(20)19-11-15-7-4-9-21-12-15/h3,5-6,15H,4,7-12H2,1-2H3,(H2,18,19,20). The summed E-state index contributed by atoms with van der Waals surface area (Å²) >= 11 is 0. The fourth-order valence-electron chi connectivity index (χ4n) is 2.61. The Bertz CT molecular complexity index is 465. The van der Waals surface area contributed by atoms with E-state index in [1.165, 1.54) is 0 Å². The minimum Gasteiger partial charge on any atom is -0.491 e. The second-order valence-electron chi connectivity index (χ2n) is 5.79. The molecule has 0 saturated carbocycles. The third-order valence-corrected chi connectivity index (χ3v) is 3.85. The molecule has 1 saturated heterocycles. The van der Waals surface area contributed by atoms with Crippen LogP contribution in [0.3, 0.4) is 0 Å². The Labute approximate surface area is 132 Å². The number of urea groups is 1. The molecule has 0 bridgehead atoms. The highest BCUT2D eigenvalue weighted by atomic mass is 16.5. The zero-order valence-electron chi connectivity index (χ0n) is 13.5. The number of para-hydroxylation sites is 1. The predicted molar refractivity (Wildman–Crippen MR) is 86.4 cm³/mol. The van der Waals surface area contributed by atoms with Crippen molar-refractivity contribution in [3.8, 4) is 5.75 Å². The first-order valence-electron chi connectivity index (χ1n) is 7.95. The molecule has 0 aliphatic carbocycles. The third-order valence-electron chi connectivity index (χ3n) is 3.85. The SMILES string of the molecule is Cc1cccc(C)c1OCCNC(=O)NCC1CCCOC1. The van der Waals surface area contributed by atoms with Gasteiger partial charge in [0.25, 0.3) is 0 Å². The molecule has 1 unspecified atom stereocenters. The lowest BCUT2D eigenvalue weighted by atomic mass is 10.0. The van der Waals surface area contributed by atoms with Gasteiger partial charge in [-0.15, -0.1) is 0 Å². The van der Waals surface area contributed by atoms with Gasteiger partial charge in [-0.1, -0.05) is 18.2 Å². The van der Waals surface area contributed by atoms with Gasteiger partial charge in [0.05, 0.1) is 13.2 Å². The van der Waals surface area contributed by atoms with E-state index >= 15 is 0 Å². The zero-order valence-corrected chi connectivity index (χ0v) is 13.5. The van der Waals surface area contributed by atoms with Crippen molar-refractivity contribution in [1.29, 1.82) is 0 Å². The Morgan fingerprint density at radius 2 is 2.09 bits per heavy atom. The molecule has 0 aromatic heterocycles.